The van der Waals surface area contributed by atoms with Crippen LogP contribution in [0, 0.1) is 17.8 Å². The molecular weight excluding hydrogens is 306 g/mol. The van der Waals surface area contributed by atoms with E-state index in [0.717, 1.165) is 12.3 Å². The van der Waals surface area contributed by atoms with Crippen LogP contribution in [0.5, 0.6) is 0 Å². The monoisotopic (exact) mass is 340 g/mol. The molecule has 0 aromatic carbocycles. The van der Waals surface area contributed by atoms with Gasteiger partial charge in [0, 0.05) is 5.57 Å². The van der Waals surface area contributed by atoms with Crippen molar-refractivity contribution in [3.63, 3.8) is 0 Å². The Morgan fingerprint density at radius 1 is 1.04 bits per heavy atom. The Morgan fingerprint density at radius 2 is 1.62 bits per heavy atom. The number of rotatable bonds is 11. The van der Waals surface area contributed by atoms with E-state index in [4.69, 9.17) is 0 Å². The van der Waals surface area contributed by atoms with Gasteiger partial charge in [0.05, 0.1) is 7.11 Å². The maximum atomic E-state index is 14.0. The molecule has 24 heavy (non-hydrogen) atoms. The molecule has 0 saturated carbocycles. The summed E-state index contributed by atoms with van der Waals surface area (Å²) < 4.78 is 32.4. The zero-order valence-electron chi connectivity index (χ0n) is 16.2. The highest BCUT2D eigenvalue weighted by Gasteiger charge is 2.16. The first-order chi connectivity index (χ1) is 11.1. The Balaban J connectivity index is 4.74. The van der Waals surface area contributed by atoms with Crippen LogP contribution >= 0.6 is 0 Å². The lowest BCUT2D eigenvalue weighted by Gasteiger charge is -2.20. The fraction of sp³-hybridized carbons (Fsp3) is 0.619. The second-order valence-electron chi connectivity index (χ2n) is 6.90. The fourth-order valence-corrected chi connectivity index (χ4v) is 2.27. The van der Waals surface area contributed by atoms with Gasteiger partial charge >= 0.3 is 0 Å². The largest absolute Gasteiger partial charge is 0.494 e. The standard InChI is InChI=1S/C21H34F2O/c1-9-14(2)10-11-15(3)16(4)12-13-17(5)18(6)20(22)21(23)19(7)24-8/h13-16H,6-7,9-12H2,1-5,8H3/b17-13+,21-20-. The number of methoxy groups -OCH3 is 1. The molecule has 0 amide bonds. The van der Waals surface area contributed by atoms with Crippen molar-refractivity contribution in [3.8, 4) is 0 Å². The minimum Gasteiger partial charge on any atom is -0.494 e. The summed E-state index contributed by atoms with van der Waals surface area (Å²) in [6.45, 7) is 17.7. The normalized spacial score (nSPS) is 16.9. The number of hydrogen-bond acceptors (Lipinski definition) is 1. The van der Waals surface area contributed by atoms with Crippen LogP contribution in [0.3, 0.4) is 0 Å². The second kappa shape index (κ2) is 11.2. The Labute approximate surface area is 147 Å². The van der Waals surface area contributed by atoms with Gasteiger partial charge < -0.3 is 4.74 Å². The first-order valence-electron chi connectivity index (χ1n) is 8.80. The summed E-state index contributed by atoms with van der Waals surface area (Å²) in [5, 5.41) is 0. The van der Waals surface area contributed by atoms with Crippen LogP contribution in [0.25, 0.3) is 0 Å². The van der Waals surface area contributed by atoms with Crippen LogP contribution in [0.15, 0.2) is 47.8 Å². The molecule has 3 heteroatoms. The summed E-state index contributed by atoms with van der Waals surface area (Å²) in [5.41, 5.74) is 0.692. The molecule has 0 radical (unpaired) electrons. The highest BCUT2D eigenvalue weighted by molar-refractivity contribution is 5.44. The average molecular weight is 340 g/mol. The maximum absolute atomic E-state index is 14.0. The molecule has 0 N–H and O–H groups in total. The molecular formula is C21H34F2O. The molecule has 138 valence electrons. The number of hydrogen-bond donors (Lipinski definition) is 0. The van der Waals surface area contributed by atoms with Crippen LogP contribution in [-0.4, -0.2) is 7.11 Å². The quantitative estimate of drug-likeness (QED) is 0.283. The molecule has 0 fully saturated rings. The van der Waals surface area contributed by atoms with E-state index >= 15 is 0 Å². The lowest BCUT2D eigenvalue weighted by Crippen LogP contribution is -2.09. The zero-order valence-corrected chi connectivity index (χ0v) is 16.2. The molecule has 0 bridgehead atoms. The minimum atomic E-state index is -1.09. The smallest absolute Gasteiger partial charge is 0.200 e. The van der Waals surface area contributed by atoms with Crippen LogP contribution in [0.1, 0.15) is 60.3 Å². The SMILES string of the molecule is C=C(OC)/C(F)=C(/F)C(=C)/C(C)=C/CC(C)C(C)CCC(C)CC. The summed E-state index contributed by atoms with van der Waals surface area (Å²) in [6, 6.07) is 0. The topological polar surface area (TPSA) is 9.23 Å². The van der Waals surface area contributed by atoms with Gasteiger partial charge in [-0.1, -0.05) is 66.2 Å². The highest BCUT2D eigenvalue weighted by Crippen LogP contribution is 2.28. The molecule has 3 atom stereocenters. The Hall–Kier alpha value is -1.38. The predicted octanol–water partition coefficient (Wildman–Crippen LogP) is 7.29. The van der Waals surface area contributed by atoms with E-state index in [9.17, 15) is 8.78 Å². The van der Waals surface area contributed by atoms with Gasteiger partial charge in [-0.2, -0.15) is 4.39 Å². The van der Waals surface area contributed by atoms with Gasteiger partial charge in [-0.25, -0.2) is 4.39 Å². The summed E-state index contributed by atoms with van der Waals surface area (Å²) in [7, 11) is 1.25. The van der Waals surface area contributed by atoms with Gasteiger partial charge in [0.2, 0.25) is 5.83 Å². The lowest BCUT2D eigenvalue weighted by molar-refractivity contribution is 0.281. The molecule has 0 aromatic heterocycles. The second-order valence-corrected chi connectivity index (χ2v) is 6.90. The molecule has 0 aliphatic heterocycles. The van der Waals surface area contributed by atoms with Crippen LogP contribution in [0.2, 0.25) is 0 Å². The molecule has 0 heterocycles. The highest BCUT2D eigenvalue weighted by atomic mass is 19.2. The van der Waals surface area contributed by atoms with E-state index in [2.05, 4.69) is 45.6 Å². The first-order valence-corrected chi connectivity index (χ1v) is 8.80. The van der Waals surface area contributed by atoms with E-state index in [-0.39, 0.29) is 11.3 Å². The maximum Gasteiger partial charge on any atom is 0.200 e. The third-order valence-electron chi connectivity index (χ3n) is 5.00. The van der Waals surface area contributed by atoms with Crippen LogP contribution in [0.4, 0.5) is 8.78 Å². The van der Waals surface area contributed by atoms with Crippen molar-refractivity contribution < 1.29 is 13.5 Å². The van der Waals surface area contributed by atoms with Gasteiger partial charge in [-0.05, 0) is 36.7 Å². The number of ether oxygens (including phenoxy) is 1. The van der Waals surface area contributed by atoms with E-state index in [0.29, 0.717) is 17.4 Å². The minimum absolute atomic E-state index is 0.0464. The third kappa shape index (κ3) is 7.46. The average Bonchev–Trinajstić information content (AvgIpc) is 2.60. The summed E-state index contributed by atoms with van der Waals surface area (Å²) in [4.78, 5) is 0. The summed E-state index contributed by atoms with van der Waals surface area (Å²) in [6.07, 6.45) is 6.41. The summed E-state index contributed by atoms with van der Waals surface area (Å²) in [5.74, 6) is -0.580. The predicted molar refractivity (Wildman–Crippen MR) is 99.9 cm³/mol. The third-order valence-corrected chi connectivity index (χ3v) is 5.00. The van der Waals surface area contributed by atoms with E-state index in [1.165, 1.54) is 26.4 Å². The molecule has 0 aliphatic carbocycles. The van der Waals surface area contributed by atoms with Crippen molar-refractivity contribution in [1.29, 1.82) is 0 Å². The van der Waals surface area contributed by atoms with Gasteiger partial charge in [-0.3, -0.25) is 0 Å². The molecule has 0 aliphatic rings. The molecule has 1 nitrogen and oxygen atoms in total. The van der Waals surface area contributed by atoms with Gasteiger partial charge in [-0.15, -0.1) is 0 Å². The van der Waals surface area contributed by atoms with Crippen molar-refractivity contribution in [1.82, 2.24) is 0 Å². The number of allylic oxidation sites excluding steroid dienone is 5. The van der Waals surface area contributed by atoms with Crippen LogP contribution in [-0.2, 0) is 4.74 Å². The molecule has 3 unspecified atom stereocenters. The Bertz CT molecular complexity index is 488. The van der Waals surface area contributed by atoms with Crippen molar-refractivity contribution in [3.05, 3.63) is 47.8 Å². The van der Waals surface area contributed by atoms with Gasteiger partial charge in [0.25, 0.3) is 0 Å². The summed E-state index contributed by atoms with van der Waals surface area (Å²) >= 11 is 0. The van der Waals surface area contributed by atoms with Crippen molar-refractivity contribution in [2.45, 2.75) is 60.3 Å². The van der Waals surface area contributed by atoms with Crippen molar-refractivity contribution in [2.75, 3.05) is 7.11 Å². The Morgan fingerprint density at radius 3 is 2.12 bits per heavy atom. The zero-order chi connectivity index (χ0) is 18.9. The van der Waals surface area contributed by atoms with E-state index in [1.54, 1.807) is 6.92 Å². The van der Waals surface area contributed by atoms with E-state index < -0.39 is 11.7 Å². The number of halogens is 2. The molecule has 0 aromatic rings. The van der Waals surface area contributed by atoms with Crippen LogP contribution < -0.4 is 0 Å². The van der Waals surface area contributed by atoms with Crippen molar-refractivity contribution >= 4 is 0 Å². The molecule has 0 saturated heterocycles. The molecule has 0 spiro atoms. The fourth-order valence-electron chi connectivity index (χ4n) is 2.27. The lowest BCUT2D eigenvalue weighted by atomic mass is 9.86. The van der Waals surface area contributed by atoms with Crippen molar-refractivity contribution in [2.24, 2.45) is 17.8 Å². The van der Waals surface area contributed by atoms with Gasteiger partial charge in [0.1, 0.15) is 5.76 Å². The first kappa shape index (κ1) is 22.6. The van der Waals surface area contributed by atoms with Gasteiger partial charge in [0.15, 0.2) is 5.83 Å². The molecule has 0 rings (SSSR count). The van der Waals surface area contributed by atoms with E-state index in [1.807, 2.05) is 6.08 Å². The Kier molecular flexibility index (Phi) is 10.6.